The molecule has 2 fully saturated rings. The lowest BCUT2D eigenvalue weighted by molar-refractivity contribution is 0.0730. The summed E-state index contributed by atoms with van der Waals surface area (Å²) in [6, 6.07) is 5.44. The lowest BCUT2D eigenvalue weighted by Gasteiger charge is -2.26. The molecule has 1 aromatic carbocycles. The van der Waals surface area contributed by atoms with Crippen molar-refractivity contribution in [1.82, 2.24) is 9.03 Å². The third-order valence-corrected chi connectivity index (χ3v) is 8.62. The van der Waals surface area contributed by atoms with E-state index in [1.807, 2.05) is 0 Å². The number of hydrogen-bond acceptors (Lipinski definition) is 5. The van der Waals surface area contributed by atoms with Gasteiger partial charge in [-0.2, -0.15) is 4.31 Å². The van der Waals surface area contributed by atoms with Crippen molar-refractivity contribution in [3.63, 3.8) is 0 Å². The van der Waals surface area contributed by atoms with Crippen molar-refractivity contribution in [1.29, 1.82) is 0 Å². The maximum Gasteiger partial charge on any atom is 0.243 e. The fraction of sp³-hybridized carbons (Fsp3) is 0.667. The molecule has 1 heterocycles. The zero-order chi connectivity index (χ0) is 19.3. The molecule has 0 bridgehead atoms. The second-order valence-corrected chi connectivity index (χ2v) is 10.8. The number of hydrogen-bond donors (Lipinski definition) is 1. The normalized spacial score (nSPS) is 21.5. The molecule has 1 aliphatic carbocycles. The molecule has 1 aliphatic heterocycles. The Kier molecular flexibility index (Phi) is 6.91. The van der Waals surface area contributed by atoms with Crippen LogP contribution in [0.5, 0.6) is 0 Å². The maximum absolute atomic E-state index is 12.7. The van der Waals surface area contributed by atoms with Gasteiger partial charge in [-0.05, 0) is 37.1 Å². The minimum Gasteiger partial charge on any atom is -0.379 e. The van der Waals surface area contributed by atoms with E-state index in [0.717, 1.165) is 38.5 Å². The van der Waals surface area contributed by atoms with Crippen molar-refractivity contribution >= 4 is 20.0 Å². The van der Waals surface area contributed by atoms with Crippen LogP contribution in [0.2, 0.25) is 0 Å². The zero-order valence-electron chi connectivity index (χ0n) is 15.5. The van der Waals surface area contributed by atoms with E-state index < -0.39 is 20.0 Å². The largest absolute Gasteiger partial charge is 0.379 e. The van der Waals surface area contributed by atoms with Gasteiger partial charge >= 0.3 is 0 Å². The van der Waals surface area contributed by atoms with Crippen LogP contribution in [0.1, 0.15) is 44.9 Å². The van der Waals surface area contributed by atoms with Crippen LogP contribution in [0.4, 0.5) is 0 Å². The van der Waals surface area contributed by atoms with E-state index in [2.05, 4.69) is 4.72 Å². The van der Waals surface area contributed by atoms with E-state index in [4.69, 9.17) is 4.74 Å². The molecule has 0 atom stereocenters. The Labute approximate surface area is 162 Å². The fourth-order valence-corrected chi connectivity index (χ4v) is 6.30. The Bertz CT molecular complexity index is 808. The summed E-state index contributed by atoms with van der Waals surface area (Å²) in [4.78, 5) is 0.208. The van der Waals surface area contributed by atoms with Crippen LogP contribution < -0.4 is 4.72 Å². The van der Waals surface area contributed by atoms with Gasteiger partial charge in [0.25, 0.3) is 0 Å². The number of sulfonamides is 2. The van der Waals surface area contributed by atoms with Crippen LogP contribution in [-0.4, -0.2) is 53.5 Å². The third-order valence-electron chi connectivity index (χ3n) is 5.17. The number of rotatable bonds is 5. The zero-order valence-corrected chi connectivity index (χ0v) is 17.1. The molecular formula is C18H28N2O5S2. The van der Waals surface area contributed by atoms with Crippen LogP contribution >= 0.6 is 0 Å². The minimum atomic E-state index is -3.65. The molecule has 0 aromatic heterocycles. The molecule has 1 aromatic rings. The van der Waals surface area contributed by atoms with Crippen molar-refractivity contribution in [3.05, 3.63) is 24.3 Å². The van der Waals surface area contributed by atoms with Gasteiger partial charge in [0, 0.05) is 19.1 Å². The van der Waals surface area contributed by atoms with Crippen molar-refractivity contribution in [3.8, 4) is 0 Å². The topological polar surface area (TPSA) is 92.8 Å². The van der Waals surface area contributed by atoms with E-state index >= 15 is 0 Å². The fourth-order valence-electron chi connectivity index (χ4n) is 3.59. The summed E-state index contributed by atoms with van der Waals surface area (Å²) in [6.45, 7) is 1.37. The van der Waals surface area contributed by atoms with Gasteiger partial charge in [0.05, 0.1) is 23.0 Å². The molecule has 3 rings (SSSR count). The predicted octanol–water partition coefficient (Wildman–Crippen LogP) is 2.10. The Morgan fingerprint density at radius 3 is 1.93 bits per heavy atom. The highest BCUT2D eigenvalue weighted by Gasteiger charge is 2.27. The molecule has 0 spiro atoms. The van der Waals surface area contributed by atoms with Gasteiger partial charge in [-0.25, -0.2) is 21.6 Å². The van der Waals surface area contributed by atoms with Gasteiger partial charge < -0.3 is 4.74 Å². The van der Waals surface area contributed by atoms with E-state index in [-0.39, 0.29) is 15.8 Å². The van der Waals surface area contributed by atoms with Crippen LogP contribution in [-0.2, 0) is 24.8 Å². The van der Waals surface area contributed by atoms with Crippen molar-refractivity contribution in [2.75, 3.05) is 26.3 Å². The lowest BCUT2D eigenvalue weighted by atomic mass is 9.97. The molecule has 1 saturated heterocycles. The van der Waals surface area contributed by atoms with Crippen molar-refractivity contribution in [2.45, 2.75) is 60.8 Å². The standard InChI is InChI=1S/C18H28N2O5S2/c21-26(22,19-16-6-4-2-1-3-5-7-16)17-8-10-18(11-9-17)27(23,24)20-12-14-25-15-13-20/h8-11,16,19H,1-7,12-15H2. The first-order chi connectivity index (χ1) is 12.9. The Morgan fingerprint density at radius 1 is 0.815 bits per heavy atom. The highest BCUT2D eigenvalue weighted by atomic mass is 32.2. The quantitative estimate of drug-likeness (QED) is 0.793. The van der Waals surface area contributed by atoms with Crippen LogP contribution in [0.25, 0.3) is 0 Å². The highest BCUT2D eigenvalue weighted by molar-refractivity contribution is 7.89. The maximum atomic E-state index is 12.7. The van der Waals surface area contributed by atoms with Crippen LogP contribution in [0.3, 0.4) is 0 Å². The summed E-state index contributed by atoms with van der Waals surface area (Å²) < 4.78 is 60.0. The Morgan fingerprint density at radius 2 is 1.33 bits per heavy atom. The summed E-state index contributed by atoms with van der Waals surface area (Å²) in [5, 5.41) is 0. The average Bonchev–Trinajstić information content (AvgIpc) is 2.65. The van der Waals surface area contributed by atoms with Gasteiger partial charge in [0.2, 0.25) is 20.0 Å². The van der Waals surface area contributed by atoms with Crippen molar-refractivity contribution in [2.24, 2.45) is 0 Å². The van der Waals surface area contributed by atoms with E-state index in [1.54, 1.807) is 0 Å². The molecule has 2 aliphatic rings. The van der Waals surface area contributed by atoms with Gasteiger partial charge in [-0.3, -0.25) is 0 Å². The molecule has 9 heteroatoms. The summed E-state index contributed by atoms with van der Waals surface area (Å²) in [7, 11) is -7.28. The molecule has 1 N–H and O–H groups in total. The number of morpholine rings is 1. The molecule has 0 unspecified atom stereocenters. The monoisotopic (exact) mass is 416 g/mol. The van der Waals surface area contributed by atoms with Crippen LogP contribution in [0.15, 0.2) is 34.1 Å². The molecule has 7 nitrogen and oxygen atoms in total. The summed E-state index contributed by atoms with van der Waals surface area (Å²) >= 11 is 0. The number of nitrogens with zero attached hydrogens (tertiary/aromatic N) is 1. The van der Waals surface area contributed by atoms with Gasteiger partial charge in [0.15, 0.2) is 0 Å². The second-order valence-electron chi connectivity index (χ2n) is 7.15. The molecule has 0 amide bonds. The summed E-state index contributed by atoms with van der Waals surface area (Å²) in [5.41, 5.74) is 0. The molecule has 1 saturated carbocycles. The van der Waals surface area contributed by atoms with Gasteiger partial charge in [0.1, 0.15) is 0 Å². The number of benzene rings is 1. The average molecular weight is 417 g/mol. The Balaban J connectivity index is 1.71. The first-order valence-electron chi connectivity index (χ1n) is 9.60. The van der Waals surface area contributed by atoms with Gasteiger partial charge in [-0.1, -0.05) is 32.1 Å². The second kappa shape index (κ2) is 9.00. The smallest absolute Gasteiger partial charge is 0.243 e. The van der Waals surface area contributed by atoms with E-state index in [0.29, 0.717) is 26.3 Å². The van der Waals surface area contributed by atoms with E-state index in [9.17, 15) is 16.8 Å². The molecule has 152 valence electrons. The molecular weight excluding hydrogens is 388 g/mol. The first kappa shape index (κ1) is 20.7. The lowest BCUT2D eigenvalue weighted by Crippen LogP contribution is -2.40. The Hall–Kier alpha value is -1.00. The van der Waals surface area contributed by atoms with Gasteiger partial charge in [-0.15, -0.1) is 0 Å². The highest BCUT2D eigenvalue weighted by Crippen LogP contribution is 2.22. The summed E-state index contributed by atoms with van der Waals surface area (Å²) in [5.74, 6) is 0. The SMILES string of the molecule is O=S(=O)(NC1CCCCCCC1)c1ccc(S(=O)(=O)N2CCOCC2)cc1. The summed E-state index contributed by atoms with van der Waals surface area (Å²) in [6.07, 6.45) is 7.27. The molecule has 0 radical (unpaired) electrons. The predicted molar refractivity (Wildman–Crippen MR) is 102 cm³/mol. The number of ether oxygens (including phenoxy) is 1. The third kappa shape index (κ3) is 5.29. The molecule has 27 heavy (non-hydrogen) atoms. The minimum absolute atomic E-state index is 0.0490. The first-order valence-corrected chi connectivity index (χ1v) is 12.5. The van der Waals surface area contributed by atoms with Crippen molar-refractivity contribution < 1.29 is 21.6 Å². The van der Waals surface area contributed by atoms with E-state index in [1.165, 1.54) is 35.0 Å². The van der Waals surface area contributed by atoms with Crippen LogP contribution in [0, 0.1) is 0 Å². The number of nitrogens with one attached hydrogen (secondary N) is 1.